The van der Waals surface area contributed by atoms with Gasteiger partial charge in [-0.05, 0) is 32.0 Å². The first kappa shape index (κ1) is 18.5. The molecule has 0 radical (unpaired) electrons. The van der Waals surface area contributed by atoms with Crippen LogP contribution in [0.2, 0.25) is 0 Å². The molecule has 0 bridgehead atoms. The molecule has 1 aromatic heterocycles. The molecule has 0 fully saturated rings. The molecule has 10 heteroatoms. The Balaban J connectivity index is 1.74. The molecular formula is C15H17N5O4S. The van der Waals surface area contributed by atoms with Crippen molar-refractivity contribution in [2.24, 2.45) is 0 Å². The van der Waals surface area contributed by atoms with E-state index in [4.69, 9.17) is 0 Å². The topological polar surface area (TPSA) is 119 Å². The third-order valence-corrected chi connectivity index (χ3v) is 4.17. The van der Waals surface area contributed by atoms with E-state index in [9.17, 15) is 19.7 Å². The summed E-state index contributed by atoms with van der Waals surface area (Å²) in [5.41, 5.74) is 6.30. The van der Waals surface area contributed by atoms with Gasteiger partial charge in [0.2, 0.25) is 5.91 Å². The van der Waals surface area contributed by atoms with Gasteiger partial charge in [0, 0.05) is 22.7 Å². The van der Waals surface area contributed by atoms with E-state index in [1.54, 1.807) is 16.8 Å². The summed E-state index contributed by atoms with van der Waals surface area (Å²) < 4.78 is 1.54. The van der Waals surface area contributed by atoms with E-state index in [0.717, 1.165) is 16.3 Å². The van der Waals surface area contributed by atoms with Crippen molar-refractivity contribution in [3.63, 3.8) is 0 Å². The van der Waals surface area contributed by atoms with E-state index >= 15 is 0 Å². The second-order valence-electron chi connectivity index (χ2n) is 5.22. The minimum absolute atomic E-state index is 0.00906. The lowest BCUT2D eigenvalue weighted by molar-refractivity contribution is -0.384. The predicted octanol–water partition coefficient (Wildman–Crippen LogP) is 1.35. The molecule has 132 valence electrons. The largest absolute Gasteiger partial charge is 0.272 e. The van der Waals surface area contributed by atoms with Crippen molar-refractivity contribution in [1.82, 2.24) is 20.6 Å². The van der Waals surface area contributed by atoms with Gasteiger partial charge in [-0.25, -0.2) is 0 Å². The third-order valence-electron chi connectivity index (χ3n) is 3.16. The number of hydrazine groups is 1. The fourth-order valence-corrected chi connectivity index (χ4v) is 2.70. The number of non-ortho nitro benzene ring substituents is 1. The van der Waals surface area contributed by atoms with Crippen molar-refractivity contribution in [3.05, 3.63) is 51.8 Å². The highest BCUT2D eigenvalue weighted by Gasteiger charge is 2.09. The summed E-state index contributed by atoms with van der Waals surface area (Å²) in [4.78, 5) is 34.3. The fourth-order valence-electron chi connectivity index (χ4n) is 2.00. The molecule has 0 saturated heterocycles. The molecule has 1 aromatic carbocycles. The summed E-state index contributed by atoms with van der Waals surface area (Å²) in [5.74, 6) is -0.706. The molecule has 0 saturated carbocycles. The summed E-state index contributed by atoms with van der Waals surface area (Å²) in [7, 11) is 0. The minimum atomic E-state index is -0.487. The Morgan fingerprint density at radius 2 is 1.84 bits per heavy atom. The van der Waals surface area contributed by atoms with Crippen LogP contribution in [0.5, 0.6) is 0 Å². The molecular weight excluding hydrogens is 346 g/mol. The van der Waals surface area contributed by atoms with Crippen molar-refractivity contribution in [2.75, 3.05) is 5.75 Å². The highest BCUT2D eigenvalue weighted by Crippen LogP contribution is 2.20. The number of nitrogens with one attached hydrogen (secondary N) is 2. The lowest BCUT2D eigenvalue weighted by atomic mass is 10.3. The highest BCUT2D eigenvalue weighted by molar-refractivity contribution is 8.00. The van der Waals surface area contributed by atoms with Crippen molar-refractivity contribution in [3.8, 4) is 0 Å². The maximum atomic E-state index is 11.8. The predicted molar refractivity (Wildman–Crippen MR) is 91.8 cm³/mol. The maximum Gasteiger partial charge on any atom is 0.269 e. The molecule has 2 rings (SSSR count). The highest BCUT2D eigenvalue weighted by atomic mass is 32.2. The van der Waals surface area contributed by atoms with Crippen LogP contribution in [0.1, 0.15) is 11.4 Å². The zero-order valence-corrected chi connectivity index (χ0v) is 14.5. The number of thioether (sulfide) groups is 1. The Bertz CT molecular complexity index is 788. The number of rotatable bonds is 6. The van der Waals surface area contributed by atoms with Gasteiger partial charge in [-0.15, -0.1) is 11.8 Å². The Hall–Kier alpha value is -2.88. The first-order valence-corrected chi connectivity index (χ1v) is 8.29. The molecule has 25 heavy (non-hydrogen) atoms. The SMILES string of the molecule is Cc1cc(C)n(CC(=O)NNC(=O)CSc2ccc([N+](=O)[O-])cc2)n1. The average Bonchev–Trinajstić information content (AvgIpc) is 2.88. The number of aryl methyl sites for hydroxylation is 2. The fraction of sp³-hybridized carbons (Fsp3) is 0.267. The summed E-state index contributed by atoms with van der Waals surface area (Å²) in [5, 5.41) is 14.7. The lowest BCUT2D eigenvalue weighted by Gasteiger charge is -2.08. The number of nitro benzene ring substituents is 1. The van der Waals surface area contributed by atoms with Crippen molar-refractivity contribution in [1.29, 1.82) is 0 Å². The number of nitrogens with zero attached hydrogens (tertiary/aromatic N) is 3. The Morgan fingerprint density at radius 3 is 2.40 bits per heavy atom. The van der Waals surface area contributed by atoms with Crippen LogP contribution in [0.4, 0.5) is 5.69 Å². The smallest absolute Gasteiger partial charge is 0.269 e. The Labute approximate surface area is 147 Å². The maximum absolute atomic E-state index is 11.8. The molecule has 2 aromatic rings. The van der Waals surface area contributed by atoms with Gasteiger partial charge in [0.15, 0.2) is 0 Å². The molecule has 0 aliphatic carbocycles. The Morgan fingerprint density at radius 1 is 1.20 bits per heavy atom. The number of hydrogen-bond acceptors (Lipinski definition) is 6. The van der Waals surface area contributed by atoms with Crippen LogP contribution in [0.25, 0.3) is 0 Å². The van der Waals surface area contributed by atoms with Crippen LogP contribution in [0, 0.1) is 24.0 Å². The summed E-state index contributed by atoms with van der Waals surface area (Å²) in [6.07, 6.45) is 0. The van der Waals surface area contributed by atoms with Crippen LogP contribution in [0.15, 0.2) is 35.2 Å². The van der Waals surface area contributed by atoms with Gasteiger partial charge in [-0.2, -0.15) is 5.10 Å². The summed E-state index contributed by atoms with van der Waals surface area (Å²) >= 11 is 1.21. The molecule has 0 aliphatic rings. The third kappa shape index (κ3) is 5.60. The normalized spacial score (nSPS) is 10.3. The van der Waals surface area contributed by atoms with Crippen LogP contribution in [-0.4, -0.2) is 32.3 Å². The van der Waals surface area contributed by atoms with Gasteiger partial charge in [0.25, 0.3) is 11.6 Å². The minimum Gasteiger partial charge on any atom is -0.272 e. The van der Waals surface area contributed by atoms with E-state index in [2.05, 4.69) is 16.0 Å². The van der Waals surface area contributed by atoms with Gasteiger partial charge in [0.1, 0.15) is 6.54 Å². The average molecular weight is 363 g/mol. The van der Waals surface area contributed by atoms with Crippen LogP contribution >= 0.6 is 11.8 Å². The van der Waals surface area contributed by atoms with Gasteiger partial charge >= 0.3 is 0 Å². The van der Waals surface area contributed by atoms with Gasteiger partial charge in [-0.3, -0.25) is 35.2 Å². The van der Waals surface area contributed by atoms with E-state index in [-0.39, 0.29) is 29.8 Å². The lowest BCUT2D eigenvalue weighted by Crippen LogP contribution is -2.44. The van der Waals surface area contributed by atoms with Gasteiger partial charge in [-0.1, -0.05) is 0 Å². The molecule has 0 unspecified atom stereocenters. The summed E-state index contributed by atoms with van der Waals surface area (Å²) in [6, 6.07) is 7.73. The van der Waals surface area contributed by atoms with Crippen molar-refractivity contribution in [2.45, 2.75) is 25.3 Å². The molecule has 0 aliphatic heterocycles. The quantitative estimate of drug-likeness (QED) is 0.454. The van der Waals surface area contributed by atoms with Gasteiger partial charge in [0.05, 0.1) is 16.4 Å². The van der Waals surface area contributed by atoms with Crippen LogP contribution in [0.3, 0.4) is 0 Å². The van der Waals surface area contributed by atoms with Crippen molar-refractivity contribution >= 4 is 29.3 Å². The Kier molecular flexibility index (Phi) is 6.12. The second kappa shape index (κ2) is 8.29. The number of benzene rings is 1. The van der Waals surface area contributed by atoms with E-state index in [0.29, 0.717) is 0 Å². The molecule has 0 atom stereocenters. The standard InChI is InChI=1S/C15H17N5O4S/c1-10-7-11(2)19(18-10)8-14(21)16-17-15(22)9-25-13-5-3-12(4-6-13)20(23)24/h3-7H,8-9H2,1-2H3,(H,16,21)(H,17,22). The molecule has 0 spiro atoms. The molecule has 9 nitrogen and oxygen atoms in total. The molecule has 2 amide bonds. The number of nitro groups is 1. The van der Waals surface area contributed by atoms with Crippen LogP contribution in [-0.2, 0) is 16.1 Å². The number of hydrogen-bond donors (Lipinski definition) is 2. The van der Waals surface area contributed by atoms with E-state index in [1.807, 2.05) is 19.9 Å². The first-order chi connectivity index (χ1) is 11.8. The zero-order chi connectivity index (χ0) is 18.4. The number of carbonyl (C=O) groups is 2. The van der Waals surface area contributed by atoms with E-state index in [1.165, 1.54) is 23.9 Å². The second-order valence-corrected chi connectivity index (χ2v) is 6.27. The molecule has 2 N–H and O–H groups in total. The number of aromatic nitrogens is 2. The first-order valence-electron chi connectivity index (χ1n) is 7.31. The van der Waals surface area contributed by atoms with Crippen LogP contribution < -0.4 is 10.9 Å². The summed E-state index contributed by atoms with van der Waals surface area (Å²) in [6.45, 7) is 3.68. The zero-order valence-electron chi connectivity index (χ0n) is 13.7. The van der Waals surface area contributed by atoms with Crippen molar-refractivity contribution < 1.29 is 14.5 Å². The monoisotopic (exact) mass is 363 g/mol. The molecule has 1 heterocycles. The number of amides is 2. The van der Waals surface area contributed by atoms with Gasteiger partial charge < -0.3 is 0 Å². The van der Waals surface area contributed by atoms with E-state index < -0.39 is 4.92 Å². The number of carbonyl (C=O) groups excluding carboxylic acids is 2.